The first-order chi connectivity index (χ1) is 14.2. The van der Waals surface area contributed by atoms with E-state index >= 15 is 0 Å². The molecule has 1 heterocycles. The molecule has 2 aromatic carbocycles. The second-order valence-corrected chi connectivity index (χ2v) is 9.40. The molecule has 0 aliphatic heterocycles. The summed E-state index contributed by atoms with van der Waals surface area (Å²) in [7, 11) is 1.28. The number of amides is 1. The minimum Gasteiger partial charge on any atom is -0.356 e. The average Bonchev–Trinajstić information content (AvgIpc) is 3.03. The third-order valence-electron chi connectivity index (χ3n) is 4.95. The van der Waals surface area contributed by atoms with Crippen LogP contribution in [0.15, 0.2) is 47.4 Å². The Kier molecular flexibility index (Phi) is 6.52. The number of aryl methyl sites for hydroxylation is 2. The predicted octanol–water partition coefficient (Wildman–Crippen LogP) is 2.25. The summed E-state index contributed by atoms with van der Waals surface area (Å²) >= 11 is 0. The van der Waals surface area contributed by atoms with Gasteiger partial charge in [-0.15, -0.1) is 0 Å². The molecule has 9 heteroatoms. The number of nitrogens with one attached hydrogen (secondary N) is 1. The lowest BCUT2D eigenvalue weighted by Crippen LogP contribution is -2.26. The van der Waals surface area contributed by atoms with Crippen molar-refractivity contribution in [2.45, 2.75) is 24.2 Å². The van der Waals surface area contributed by atoms with Gasteiger partial charge in [0.15, 0.2) is 0 Å². The highest BCUT2D eigenvalue weighted by Crippen LogP contribution is 2.21. The zero-order valence-corrected chi connectivity index (χ0v) is 18.0. The van der Waals surface area contributed by atoms with Crippen LogP contribution in [0.2, 0.25) is 0 Å². The van der Waals surface area contributed by atoms with Crippen molar-refractivity contribution in [2.75, 3.05) is 20.6 Å². The van der Waals surface area contributed by atoms with Crippen LogP contribution in [0.4, 0.5) is 4.39 Å². The highest BCUT2D eigenvalue weighted by atomic mass is 32.2. The number of aromatic nitrogens is 2. The Balaban J connectivity index is 1.60. The molecule has 3 aromatic rings. The number of carbonyl (C=O) groups excluding carboxylic acids is 1. The van der Waals surface area contributed by atoms with Gasteiger partial charge in [0.25, 0.3) is 0 Å². The van der Waals surface area contributed by atoms with Crippen molar-refractivity contribution in [1.29, 1.82) is 0 Å². The molecule has 160 valence electrons. The number of hydrogen-bond acceptors (Lipinski definition) is 4. The fraction of sp³-hybridized carbons (Fsp3) is 0.333. The first kappa shape index (κ1) is 21.9. The molecule has 0 radical (unpaired) electrons. The number of carbonyl (C=O) groups is 1. The first-order valence-corrected chi connectivity index (χ1v) is 11.0. The summed E-state index contributed by atoms with van der Waals surface area (Å²) in [6, 6.07) is 11.0. The normalized spacial score (nSPS) is 11.9. The van der Waals surface area contributed by atoms with Crippen LogP contribution in [-0.4, -0.2) is 48.8 Å². The van der Waals surface area contributed by atoms with Crippen LogP contribution in [0.25, 0.3) is 11.0 Å². The van der Waals surface area contributed by atoms with Gasteiger partial charge >= 0.3 is 0 Å². The number of halogens is 1. The summed E-state index contributed by atoms with van der Waals surface area (Å²) in [6.45, 7) is 0.471. The van der Waals surface area contributed by atoms with Gasteiger partial charge in [-0.2, -0.15) is 0 Å². The molecule has 0 unspecified atom stereocenters. The Labute approximate surface area is 175 Å². The Morgan fingerprint density at radius 3 is 2.50 bits per heavy atom. The van der Waals surface area contributed by atoms with E-state index in [2.05, 4.69) is 10.3 Å². The van der Waals surface area contributed by atoms with Gasteiger partial charge in [0.05, 0.1) is 15.9 Å². The van der Waals surface area contributed by atoms with Crippen molar-refractivity contribution in [3.8, 4) is 0 Å². The van der Waals surface area contributed by atoms with E-state index in [0.29, 0.717) is 30.7 Å². The van der Waals surface area contributed by atoms with Crippen LogP contribution in [0.1, 0.15) is 17.8 Å². The maximum Gasteiger partial charge on any atom is 0.242 e. The lowest BCUT2D eigenvalue weighted by Gasteiger charge is -2.10. The van der Waals surface area contributed by atoms with Crippen LogP contribution in [-0.2, 0) is 34.7 Å². The Morgan fingerprint density at radius 1 is 1.13 bits per heavy atom. The fourth-order valence-corrected chi connectivity index (χ4v) is 4.06. The second kappa shape index (κ2) is 8.93. The molecule has 0 spiro atoms. The zero-order chi connectivity index (χ0) is 21.9. The highest BCUT2D eigenvalue weighted by Gasteiger charge is 2.19. The monoisotopic (exact) mass is 432 g/mol. The van der Waals surface area contributed by atoms with Gasteiger partial charge in [0.2, 0.25) is 15.9 Å². The first-order valence-electron chi connectivity index (χ1n) is 9.57. The molecule has 30 heavy (non-hydrogen) atoms. The summed E-state index contributed by atoms with van der Waals surface area (Å²) < 4.78 is 40.6. The predicted molar refractivity (Wildman–Crippen MR) is 113 cm³/mol. The summed E-state index contributed by atoms with van der Waals surface area (Å²) in [5, 5.41) is 2.86. The van der Waals surface area contributed by atoms with Crippen molar-refractivity contribution < 1.29 is 17.6 Å². The quantitative estimate of drug-likeness (QED) is 0.592. The molecule has 0 atom stereocenters. The molecule has 1 aromatic heterocycles. The van der Waals surface area contributed by atoms with Crippen molar-refractivity contribution in [3.63, 3.8) is 0 Å². The van der Waals surface area contributed by atoms with E-state index in [1.54, 1.807) is 30.3 Å². The van der Waals surface area contributed by atoms with Crippen LogP contribution in [0.3, 0.4) is 0 Å². The number of hydrogen-bond donors (Lipinski definition) is 1. The van der Waals surface area contributed by atoms with E-state index in [1.165, 1.54) is 26.2 Å². The summed E-state index contributed by atoms with van der Waals surface area (Å²) in [5.74, 6) is 0.329. The minimum absolute atomic E-state index is 0.0972. The number of rotatable bonds is 8. The Bertz CT molecular complexity index is 1150. The van der Waals surface area contributed by atoms with Gasteiger partial charge in [-0.25, -0.2) is 22.1 Å². The molecule has 1 N–H and O–H groups in total. The van der Waals surface area contributed by atoms with Crippen LogP contribution in [0.5, 0.6) is 0 Å². The number of fused-ring (bicyclic) bond motifs is 1. The number of imidazole rings is 1. The summed E-state index contributed by atoms with van der Waals surface area (Å²) in [5.41, 5.74) is 2.34. The SMILES string of the molecule is CN(C)S(=O)(=O)c1ccc2c(c1)nc(CCC(=O)NCCc1ccc(F)cc1)n2C. The van der Waals surface area contributed by atoms with Crippen molar-refractivity contribution >= 4 is 27.0 Å². The number of sulfonamides is 1. The molecule has 0 saturated heterocycles. The van der Waals surface area contributed by atoms with Crippen molar-refractivity contribution in [2.24, 2.45) is 7.05 Å². The molecule has 0 aliphatic rings. The maximum absolute atomic E-state index is 12.9. The number of nitrogens with zero attached hydrogens (tertiary/aromatic N) is 3. The molecule has 7 nitrogen and oxygen atoms in total. The van der Waals surface area contributed by atoms with Crippen LogP contribution < -0.4 is 5.32 Å². The lowest BCUT2D eigenvalue weighted by molar-refractivity contribution is -0.121. The van der Waals surface area contributed by atoms with Gasteiger partial charge < -0.3 is 9.88 Å². The third kappa shape index (κ3) is 4.85. The van der Waals surface area contributed by atoms with Crippen LogP contribution in [0, 0.1) is 5.82 Å². The van der Waals surface area contributed by atoms with E-state index in [0.717, 1.165) is 15.4 Å². The van der Waals surface area contributed by atoms with E-state index < -0.39 is 10.0 Å². The topological polar surface area (TPSA) is 84.3 Å². The number of benzene rings is 2. The van der Waals surface area contributed by atoms with E-state index in [9.17, 15) is 17.6 Å². The molecular weight excluding hydrogens is 407 g/mol. The maximum atomic E-state index is 12.9. The molecule has 0 bridgehead atoms. The minimum atomic E-state index is -3.53. The summed E-state index contributed by atoms with van der Waals surface area (Å²) in [6.07, 6.45) is 1.33. The third-order valence-corrected chi connectivity index (χ3v) is 6.76. The van der Waals surface area contributed by atoms with Gasteiger partial charge in [0.1, 0.15) is 11.6 Å². The Morgan fingerprint density at radius 2 is 1.83 bits per heavy atom. The average molecular weight is 433 g/mol. The van der Waals surface area contributed by atoms with Gasteiger partial charge in [0, 0.05) is 40.5 Å². The molecule has 1 amide bonds. The zero-order valence-electron chi connectivity index (χ0n) is 17.2. The van der Waals surface area contributed by atoms with Crippen molar-refractivity contribution in [1.82, 2.24) is 19.2 Å². The van der Waals surface area contributed by atoms with E-state index in [-0.39, 0.29) is 23.0 Å². The summed E-state index contributed by atoms with van der Waals surface area (Å²) in [4.78, 5) is 16.9. The lowest BCUT2D eigenvalue weighted by atomic mass is 10.1. The van der Waals surface area contributed by atoms with Gasteiger partial charge in [-0.1, -0.05) is 12.1 Å². The van der Waals surface area contributed by atoms with Crippen molar-refractivity contribution in [3.05, 3.63) is 59.7 Å². The Hall–Kier alpha value is -2.78. The molecule has 0 fully saturated rings. The van der Waals surface area contributed by atoms with E-state index in [1.807, 2.05) is 11.6 Å². The molecular formula is C21H25FN4O3S. The van der Waals surface area contributed by atoms with Gasteiger partial charge in [-0.3, -0.25) is 4.79 Å². The second-order valence-electron chi connectivity index (χ2n) is 7.25. The van der Waals surface area contributed by atoms with E-state index in [4.69, 9.17) is 0 Å². The highest BCUT2D eigenvalue weighted by molar-refractivity contribution is 7.89. The van der Waals surface area contributed by atoms with Gasteiger partial charge in [-0.05, 0) is 42.3 Å². The van der Waals surface area contributed by atoms with Crippen LogP contribution >= 0.6 is 0 Å². The fourth-order valence-electron chi connectivity index (χ4n) is 3.14. The standard InChI is InChI=1S/C21H25FN4O3S/c1-25(2)30(28,29)17-8-9-19-18(14-17)24-20(26(19)3)10-11-21(27)23-13-12-15-4-6-16(22)7-5-15/h4-9,14H,10-13H2,1-3H3,(H,23,27). The largest absolute Gasteiger partial charge is 0.356 e. The molecule has 3 rings (SSSR count). The smallest absolute Gasteiger partial charge is 0.242 e. The molecule has 0 aliphatic carbocycles. The molecule has 0 saturated carbocycles.